The number of rotatable bonds is 7. The summed E-state index contributed by atoms with van der Waals surface area (Å²) in [6.45, 7) is 2.35. The Morgan fingerprint density at radius 2 is 1.79 bits per heavy atom. The molecule has 1 heterocycles. The van der Waals surface area contributed by atoms with Crippen LogP contribution in [0.2, 0.25) is 0 Å². The molecule has 0 saturated carbocycles. The number of carbonyl (C=O) groups is 1. The number of hydrogen-bond donors (Lipinski definition) is 0. The summed E-state index contributed by atoms with van der Waals surface area (Å²) in [6.07, 6.45) is -3.26. The third-order valence-corrected chi connectivity index (χ3v) is 6.96. The number of amides is 1. The number of hydrogen-bond acceptors (Lipinski definition) is 7. The Hall–Kier alpha value is -3.42. The van der Waals surface area contributed by atoms with E-state index in [2.05, 4.69) is 15.9 Å². The molecule has 4 rings (SSSR count). The van der Waals surface area contributed by atoms with Crippen molar-refractivity contribution in [3.05, 3.63) is 91.3 Å². The van der Waals surface area contributed by atoms with Gasteiger partial charge in [0.25, 0.3) is 5.91 Å². The van der Waals surface area contributed by atoms with Crippen LogP contribution in [-0.2, 0) is 11.0 Å². The molecule has 1 fully saturated rings. The van der Waals surface area contributed by atoms with Gasteiger partial charge in [0.2, 0.25) is 5.75 Å². The summed E-state index contributed by atoms with van der Waals surface area (Å²) < 4.78 is 51.2. The Morgan fingerprint density at radius 3 is 2.42 bits per heavy atom. The van der Waals surface area contributed by atoms with Crippen molar-refractivity contribution in [1.82, 2.24) is 0 Å². The monoisotopic (exact) mass is 624 g/mol. The molecule has 1 saturated heterocycles. The van der Waals surface area contributed by atoms with E-state index in [0.717, 1.165) is 17.8 Å². The van der Waals surface area contributed by atoms with Crippen molar-refractivity contribution < 1.29 is 32.4 Å². The maximum Gasteiger partial charge on any atom is 0.416 e. The number of alkyl halides is 3. The molecule has 3 aromatic carbocycles. The summed E-state index contributed by atoms with van der Waals surface area (Å²) in [5, 5.41) is 11.5. The molecule has 3 aromatic rings. The molecule has 0 spiro atoms. The number of anilines is 1. The Labute approximate surface area is 232 Å². The van der Waals surface area contributed by atoms with Crippen LogP contribution in [0.15, 0.2) is 70.0 Å². The van der Waals surface area contributed by atoms with Crippen molar-refractivity contribution in [3.63, 3.8) is 0 Å². The van der Waals surface area contributed by atoms with Crippen LogP contribution in [0, 0.1) is 10.1 Å². The zero-order valence-electron chi connectivity index (χ0n) is 19.3. The van der Waals surface area contributed by atoms with Crippen molar-refractivity contribution >= 4 is 67.6 Å². The number of benzene rings is 3. The number of thioether (sulfide) groups is 1. The normalized spacial score (nSPS) is 14.8. The SMILES string of the molecule is CCOc1ccc(N2C(=O)/C(=C\c3cc(Br)ccc3Oc3ccc(C(F)(F)F)cc3[N+](=O)[O-])SC2=S)cc1. The van der Waals surface area contributed by atoms with Gasteiger partial charge in [0.1, 0.15) is 11.5 Å². The second-order valence-corrected chi connectivity index (χ2v) is 10.3. The van der Waals surface area contributed by atoms with Crippen molar-refractivity contribution in [3.8, 4) is 17.2 Å². The van der Waals surface area contributed by atoms with E-state index in [1.807, 2.05) is 6.92 Å². The average Bonchev–Trinajstić information content (AvgIpc) is 3.13. The van der Waals surface area contributed by atoms with E-state index in [-0.39, 0.29) is 16.4 Å². The van der Waals surface area contributed by atoms with E-state index in [0.29, 0.717) is 44.5 Å². The van der Waals surface area contributed by atoms with Crippen LogP contribution in [0.4, 0.5) is 24.5 Å². The van der Waals surface area contributed by atoms with Crippen molar-refractivity contribution in [1.29, 1.82) is 0 Å². The molecule has 1 aliphatic heterocycles. The van der Waals surface area contributed by atoms with Crippen LogP contribution < -0.4 is 14.4 Å². The Morgan fingerprint density at radius 1 is 1.11 bits per heavy atom. The van der Waals surface area contributed by atoms with Crippen LogP contribution in [0.3, 0.4) is 0 Å². The minimum Gasteiger partial charge on any atom is -0.494 e. The first kappa shape index (κ1) is 27.6. The minimum absolute atomic E-state index is 0.0856. The van der Waals surface area contributed by atoms with Crippen LogP contribution in [-0.4, -0.2) is 21.8 Å². The van der Waals surface area contributed by atoms with Gasteiger partial charge in [0.15, 0.2) is 4.32 Å². The summed E-state index contributed by atoms with van der Waals surface area (Å²) >= 11 is 9.81. The van der Waals surface area contributed by atoms with Gasteiger partial charge in [-0.2, -0.15) is 13.2 Å². The highest BCUT2D eigenvalue weighted by Crippen LogP contribution is 2.41. The lowest BCUT2D eigenvalue weighted by atomic mass is 10.1. The molecular weight excluding hydrogens is 609 g/mol. The first-order valence-electron chi connectivity index (χ1n) is 10.8. The Kier molecular flexibility index (Phi) is 8.09. The predicted molar refractivity (Wildman–Crippen MR) is 146 cm³/mol. The molecule has 0 unspecified atom stereocenters. The highest BCUT2D eigenvalue weighted by molar-refractivity contribution is 9.10. The summed E-state index contributed by atoms with van der Waals surface area (Å²) in [6, 6.07) is 13.5. The van der Waals surface area contributed by atoms with Gasteiger partial charge in [-0.25, -0.2) is 0 Å². The predicted octanol–water partition coefficient (Wildman–Crippen LogP) is 7.97. The lowest BCUT2D eigenvalue weighted by Gasteiger charge is -2.15. The molecule has 0 aliphatic carbocycles. The van der Waals surface area contributed by atoms with E-state index < -0.39 is 28.3 Å². The van der Waals surface area contributed by atoms with E-state index in [1.165, 1.54) is 17.0 Å². The smallest absolute Gasteiger partial charge is 0.416 e. The molecule has 7 nitrogen and oxygen atoms in total. The number of nitro benzene ring substituents is 1. The van der Waals surface area contributed by atoms with Crippen LogP contribution in [0.5, 0.6) is 17.2 Å². The lowest BCUT2D eigenvalue weighted by molar-refractivity contribution is -0.385. The number of ether oxygens (including phenoxy) is 2. The summed E-state index contributed by atoms with van der Waals surface area (Å²) in [5.41, 5.74) is -1.13. The molecule has 1 aliphatic rings. The van der Waals surface area contributed by atoms with Crippen LogP contribution in [0.1, 0.15) is 18.1 Å². The molecule has 0 radical (unpaired) electrons. The first-order valence-corrected chi connectivity index (χ1v) is 12.8. The number of thiocarbonyl (C=S) groups is 1. The van der Waals surface area contributed by atoms with E-state index >= 15 is 0 Å². The maximum atomic E-state index is 13.2. The quantitative estimate of drug-likeness (QED) is 0.114. The molecule has 1 amide bonds. The fourth-order valence-electron chi connectivity index (χ4n) is 3.46. The largest absolute Gasteiger partial charge is 0.494 e. The Bertz CT molecular complexity index is 1460. The second-order valence-electron chi connectivity index (χ2n) is 7.67. The van der Waals surface area contributed by atoms with E-state index in [1.54, 1.807) is 36.4 Å². The summed E-state index contributed by atoms with van der Waals surface area (Å²) in [7, 11) is 0. The number of halogens is 4. The van der Waals surface area contributed by atoms with E-state index in [9.17, 15) is 28.1 Å². The standard InChI is InChI=1S/C25H16BrF3N2O5S2/c1-2-35-18-7-5-17(6-8-18)30-23(32)22(38-24(30)37)12-14-11-16(26)4-10-20(14)36-21-9-3-15(25(27,28)29)13-19(21)31(33)34/h3-13H,2H2,1H3/b22-12+. The summed E-state index contributed by atoms with van der Waals surface area (Å²) in [5.74, 6) is -0.0505. The summed E-state index contributed by atoms with van der Waals surface area (Å²) in [4.78, 5) is 25.4. The second kappa shape index (κ2) is 11.1. The number of nitro groups is 1. The highest BCUT2D eigenvalue weighted by atomic mass is 79.9. The van der Waals surface area contributed by atoms with Crippen molar-refractivity contribution in [2.75, 3.05) is 11.5 Å². The molecule has 196 valence electrons. The fourth-order valence-corrected chi connectivity index (χ4v) is 5.12. The molecule has 0 atom stereocenters. The van der Waals surface area contributed by atoms with Crippen LogP contribution >= 0.6 is 39.9 Å². The van der Waals surface area contributed by atoms with Gasteiger partial charge >= 0.3 is 11.9 Å². The van der Waals surface area contributed by atoms with Gasteiger partial charge in [-0.15, -0.1) is 0 Å². The molecule has 0 bridgehead atoms. The number of carbonyl (C=O) groups excluding carboxylic acids is 1. The van der Waals surface area contributed by atoms with Gasteiger partial charge in [0, 0.05) is 16.1 Å². The third-order valence-electron chi connectivity index (χ3n) is 5.16. The Balaban J connectivity index is 1.67. The third kappa shape index (κ3) is 6.00. The molecule has 0 N–H and O–H groups in total. The van der Waals surface area contributed by atoms with Crippen molar-refractivity contribution in [2.45, 2.75) is 13.1 Å². The zero-order chi connectivity index (χ0) is 27.6. The van der Waals surface area contributed by atoms with Gasteiger partial charge < -0.3 is 9.47 Å². The van der Waals surface area contributed by atoms with Crippen molar-refractivity contribution in [2.24, 2.45) is 0 Å². The first-order chi connectivity index (χ1) is 18.0. The zero-order valence-corrected chi connectivity index (χ0v) is 22.5. The molecule has 0 aromatic heterocycles. The number of nitrogens with zero attached hydrogens (tertiary/aromatic N) is 2. The average molecular weight is 625 g/mol. The van der Waals surface area contributed by atoms with E-state index in [4.69, 9.17) is 21.7 Å². The maximum absolute atomic E-state index is 13.2. The van der Waals surface area contributed by atoms with Gasteiger partial charge in [0.05, 0.1) is 27.7 Å². The van der Waals surface area contributed by atoms with Gasteiger partial charge in [-0.1, -0.05) is 39.9 Å². The minimum atomic E-state index is -4.76. The molecule has 38 heavy (non-hydrogen) atoms. The highest BCUT2D eigenvalue weighted by Gasteiger charge is 2.35. The lowest BCUT2D eigenvalue weighted by Crippen LogP contribution is -2.27. The molecule has 13 heteroatoms. The molecular formula is C25H16BrF3N2O5S2. The fraction of sp³-hybridized carbons (Fsp3) is 0.120. The topological polar surface area (TPSA) is 81.9 Å². The van der Waals surface area contributed by atoms with Gasteiger partial charge in [-0.3, -0.25) is 19.8 Å². The van der Waals surface area contributed by atoms with Crippen LogP contribution in [0.25, 0.3) is 6.08 Å². The van der Waals surface area contributed by atoms with Gasteiger partial charge in [-0.05, 0) is 67.6 Å².